The molecule has 1 aromatic heterocycles. The number of anilines is 1. The standard InChI is InChI=1S/C14H13N3/c1-9-2-3-11-7-12(5-4-10(11)6-9)14-13(15)8-16-17-14/h2-8H,15H2,1H3,(H,16,17). The van der Waals surface area contributed by atoms with Gasteiger partial charge in [0.05, 0.1) is 17.6 Å². The van der Waals surface area contributed by atoms with Crippen molar-refractivity contribution in [2.45, 2.75) is 6.92 Å². The van der Waals surface area contributed by atoms with Gasteiger partial charge < -0.3 is 5.73 Å². The van der Waals surface area contributed by atoms with Gasteiger partial charge in [0.1, 0.15) is 0 Å². The van der Waals surface area contributed by atoms with E-state index in [1.54, 1.807) is 6.20 Å². The molecule has 2 aromatic carbocycles. The second kappa shape index (κ2) is 3.63. The third-order valence-corrected chi connectivity index (χ3v) is 2.95. The van der Waals surface area contributed by atoms with E-state index in [0.717, 1.165) is 11.3 Å². The van der Waals surface area contributed by atoms with Gasteiger partial charge in [0.15, 0.2) is 0 Å². The molecule has 0 radical (unpaired) electrons. The van der Waals surface area contributed by atoms with Crippen molar-refractivity contribution in [1.82, 2.24) is 10.2 Å². The molecule has 3 N–H and O–H groups in total. The number of aryl methyl sites for hydroxylation is 1. The van der Waals surface area contributed by atoms with Crippen LogP contribution in [-0.4, -0.2) is 10.2 Å². The third-order valence-electron chi connectivity index (χ3n) is 2.95. The fourth-order valence-corrected chi connectivity index (χ4v) is 2.05. The van der Waals surface area contributed by atoms with E-state index in [4.69, 9.17) is 5.73 Å². The van der Waals surface area contributed by atoms with E-state index >= 15 is 0 Å². The van der Waals surface area contributed by atoms with Crippen molar-refractivity contribution in [3.63, 3.8) is 0 Å². The van der Waals surface area contributed by atoms with E-state index in [9.17, 15) is 0 Å². The minimum Gasteiger partial charge on any atom is -0.396 e. The lowest BCUT2D eigenvalue weighted by Gasteiger charge is -2.03. The van der Waals surface area contributed by atoms with E-state index in [-0.39, 0.29) is 0 Å². The first kappa shape index (κ1) is 9.90. The second-order valence-electron chi connectivity index (χ2n) is 4.27. The SMILES string of the molecule is Cc1ccc2cc(-c3[nH]ncc3N)ccc2c1. The van der Waals surface area contributed by atoms with Crippen LogP contribution in [0.25, 0.3) is 22.0 Å². The summed E-state index contributed by atoms with van der Waals surface area (Å²) in [5, 5.41) is 9.32. The Morgan fingerprint density at radius 3 is 2.59 bits per heavy atom. The summed E-state index contributed by atoms with van der Waals surface area (Å²) in [7, 11) is 0. The number of nitrogens with two attached hydrogens (primary N) is 1. The largest absolute Gasteiger partial charge is 0.396 e. The summed E-state index contributed by atoms with van der Waals surface area (Å²) < 4.78 is 0. The highest BCUT2D eigenvalue weighted by atomic mass is 15.1. The molecule has 0 unspecified atom stereocenters. The van der Waals surface area contributed by atoms with Crippen LogP contribution in [-0.2, 0) is 0 Å². The smallest absolute Gasteiger partial charge is 0.0880 e. The Balaban J connectivity index is 2.20. The molecular weight excluding hydrogens is 210 g/mol. The molecular formula is C14H13N3. The van der Waals surface area contributed by atoms with Gasteiger partial charge in [-0.15, -0.1) is 0 Å². The number of hydrogen-bond donors (Lipinski definition) is 2. The lowest BCUT2D eigenvalue weighted by atomic mass is 10.0. The van der Waals surface area contributed by atoms with Crippen LogP contribution in [0.2, 0.25) is 0 Å². The van der Waals surface area contributed by atoms with Crippen molar-refractivity contribution in [2.24, 2.45) is 0 Å². The molecule has 0 saturated carbocycles. The zero-order valence-corrected chi connectivity index (χ0v) is 9.57. The fraction of sp³-hybridized carbons (Fsp3) is 0.0714. The Labute approximate surface area is 99.3 Å². The Morgan fingerprint density at radius 2 is 1.82 bits per heavy atom. The molecule has 0 saturated heterocycles. The Hall–Kier alpha value is -2.29. The van der Waals surface area contributed by atoms with Crippen molar-refractivity contribution in [3.05, 3.63) is 48.2 Å². The van der Waals surface area contributed by atoms with Gasteiger partial charge in [-0.05, 0) is 23.8 Å². The van der Waals surface area contributed by atoms with Gasteiger partial charge in [0.2, 0.25) is 0 Å². The first-order valence-corrected chi connectivity index (χ1v) is 5.54. The molecule has 0 spiro atoms. The van der Waals surface area contributed by atoms with Crippen molar-refractivity contribution in [1.29, 1.82) is 0 Å². The average molecular weight is 223 g/mol. The maximum absolute atomic E-state index is 5.85. The lowest BCUT2D eigenvalue weighted by Crippen LogP contribution is -1.87. The summed E-state index contributed by atoms with van der Waals surface area (Å²) in [6, 6.07) is 12.7. The van der Waals surface area contributed by atoms with Crippen molar-refractivity contribution in [2.75, 3.05) is 5.73 Å². The summed E-state index contributed by atoms with van der Waals surface area (Å²) >= 11 is 0. The predicted molar refractivity (Wildman–Crippen MR) is 70.7 cm³/mol. The number of benzene rings is 2. The van der Waals surface area contributed by atoms with E-state index in [2.05, 4.69) is 53.5 Å². The third kappa shape index (κ3) is 1.65. The summed E-state index contributed by atoms with van der Waals surface area (Å²) in [4.78, 5) is 0. The first-order chi connectivity index (χ1) is 8.24. The normalized spacial score (nSPS) is 10.9. The molecule has 84 valence electrons. The maximum atomic E-state index is 5.85. The van der Waals surface area contributed by atoms with Crippen LogP contribution in [0.5, 0.6) is 0 Å². The fourth-order valence-electron chi connectivity index (χ4n) is 2.05. The molecule has 3 nitrogen and oxygen atoms in total. The van der Waals surface area contributed by atoms with Crippen LogP contribution in [0.15, 0.2) is 42.6 Å². The number of fused-ring (bicyclic) bond motifs is 1. The highest BCUT2D eigenvalue weighted by molar-refractivity contribution is 5.88. The van der Waals surface area contributed by atoms with Crippen molar-refractivity contribution >= 4 is 16.5 Å². The highest BCUT2D eigenvalue weighted by Gasteiger charge is 2.05. The topological polar surface area (TPSA) is 54.7 Å². The molecule has 17 heavy (non-hydrogen) atoms. The molecule has 0 amide bonds. The van der Waals surface area contributed by atoms with Gasteiger partial charge in [-0.25, -0.2) is 0 Å². The Bertz CT molecular complexity index is 683. The second-order valence-corrected chi connectivity index (χ2v) is 4.27. The lowest BCUT2D eigenvalue weighted by molar-refractivity contribution is 1.10. The number of nitrogens with one attached hydrogen (secondary N) is 1. The average Bonchev–Trinajstić information content (AvgIpc) is 2.75. The predicted octanol–water partition coefficient (Wildman–Crippen LogP) is 3.12. The van der Waals surface area contributed by atoms with Crippen LogP contribution >= 0.6 is 0 Å². The summed E-state index contributed by atoms with van der Waals surface area (Å²) in [5.41, 5.74) is 9.74. The van der Waals surface area contributed by atoms with Gasteiger partial charge >= 0.3 is 0 Å². The summed E-state index contributed by atoms with van der Waals surface area (Å²) in [6.07, 6.45) is 1.63. The van der Waals surface area contributed by atoms with E-state index in [1.165, 1.54) is 16.3 Å². The number of H-pyrrole nitrogens is 1. The molecule has 1 heterocycles. The number of rotatable bonds is 1. The molecule has 0 fully saturated rings. The van der Waals surface area contributed by atoms with Crippen LogP contribution in [0.3, 0.4) is 0 Å². The van der Waals surface area contributed by atoms with Gasteiger partial charge in [0, 0.05) is 5.56 Å². The number of hydrogen-bond acceptors (Lipinski definition) is 2. The minimum absolute atomic E-state index is 0.677. The first-order valence-electron chi connectivity index (χ1n) is 5.54. The van der Waals surface area contributed by atoms with E-state index in [0.29, 0.717) is 5.69 Å². The molecule has 3 heteroatoms. The van der Waals surface area contributed by atoms with Crippen LogP contribution in [0.1, 0.15) is 5.56 Å². The minimum atomic E-state index is 0.677. The van der Waals surface area contributed by atoms with Crippen LogP contribution < -0.4 is 5.73 Å². The van der Waals surface area contributed by atoms with Crippen molar-refractivity contribution < 1.29 is 0 Å². The van der Waals surface area contributed by atoms with Gasteiger partial charge in [-0.2, -0.15) is 5.10 Å². The van der Waals surface area contributed by atoms with Gasteiger partial charge in [-0.1, -0.05) is 35.9 Å². The number of nitrogen functional groups attached to an aromatic ring is 1. The molecule has 0 atom stereocenters. The number of aromatic nitrogens is 2. The van der Waals surface area contributed by atoms with E-state index < -0.39 is 0 Å². The monoisotopic (exact) mass is 223 g/mol. The maximum Gasteiger partial charge on any atom is 0.0880 e. The molecule has 0 aliphatic rings. The zero-order valence-electron chi connectivity index (χ0n) is 9.57. The number of nitrogens with zero attached hydrogens (tertiary/aromatic N) is 1. The molecule has 3 aromatic rings. The Morgan fingerprint density at radius 1 is 1.06 bits per heavy atom. The van der Waals surface area contributed by atoms with E-state index in [1.807, 2.05) is 0 Å². The highest BCUT2D eigenvalue weighted by Crippen LogP contribution is 2.26. The molecule has 3 rings (SSSR count). The molecule has 0 bridgehead atoms. The quantitative estimate of drug-likeness (QED) is 0.666. The van der Waals surface area contributed by atoms with Crippen LogP contribution in [0.4, 0.5) is 5.69 Å². The van der Waals surface area contributed by atoms with Gasteiger partial charge in [-0.3, -0.25) is 5.10 Å². The molecule has 0 aliphatic heterocycles. The van der Waals surface area contributed by atoms with Crippen LogP contribution in [0, 0.1) is 6.92 Å². The zero-order chi connectivity index (χ0) is 11.8. The summed E-state index contributed by atoms with van der Waals surface area (Å²) in [5.74, 6) is 0. The van der Waals surface area contributed by atoms with Gasteiger partial charge in [0.25, 0.3) is 0 Å². The Kier molecular flexibility index (Phi) is 2.11. The summed E-state index contributed by atoms with van der Waals surface area (Å²) in [6.45, 7) is 2.10. The molecule has 0 aliphatic carbocycles. The number of aromatic amines is 1. The van der Waals surface area contributed by atoms with Crippen molar-refractivity contribution in [3.8, 4) is 11.3 Å².